The number of carbonyl (C=O) groups excluding carboxylic acids is 2. The Hall–Kier alpha value is -3.32. The number of nitrogens with zero attached hydrogens (tertiary/aromatic N) is 1. The first-order valence-corrected chi connectivity index (χ1v) is 11.3. The van der Waals surface area contributed by atoms with Crippen LogP contribution in [0.25, 0.3) is 5.76 Å². The van der Waals surface area contributed by atoms with Gasteiger partial charge >= 0.3 is 0 Å². The number of benzene rings is 2. The van der Waals surface area contributed by atoms with Gasteiger partial charge in [0.25, 0.3) is 11.7 Å². The smallest absolute Gasteiger partial charge is 0.295 e. The molecule has 0 aliphatic carbocycles. The summed E-state index contributed by atoms with van der Waals surface area (Å²) in [7, 11) is 3.01. The number of hydrogen-bond donors (Lipinski definition) is 2. The van der Waals surface area contributed by atoms with Gasteiger partial charge < -0.3 is 24.6 Å². The molecule has 0 saturated carbocycles. The molecule has 3 rings (SSSR count). The first kappa shape index (κ1) is 25.3. The van der Waals surface area contributed by atoms with E-state index in [4.69, 9.17) is 9.47 Å². The Morgan fingerprint density at radius 1 is 1.09 bits per heavy atom. The van der Waals surface area contributed by atoms with Gasteiger partial charge in [-0.2, -0.15) is 0 Å². The van der Waals surface area contributed by atoms with Crippen molar-refractivity contribution in [3.63, 3.8) is 0 Å². The van der Waals surface area contributed by atoms with E-state index in [9.17, 15) is 19.8 Å². The van der Waals surface area contributed by atoms with Crippen molar-refractivity contribution >= 4 is 17.4 Å². The minimum Gasteiger partial charge on any atom is -0.507 e. The molecule has 182 valence electrons. The van der Waals surface area contributed by atoms with Gasteiger partial charge in [0.15, 0.2) is 11.5 Å². The Balaban J connectivity index is 2.22. The number of aliphatic hydroxyl groups is 1. The maximum Gasteiger partial charge on any atom is 0.295 e. The summed E-state index contributed by atoms with van der Waals surface area (Å²) in [5.41, 5.74) is 2.61. The van der Waals surface area contributed by atoms with Crippen molar-refractivity contribution in [2.75, 3.05) is 27.4 Å². The van der Waals surface area contributed by atoms with Crippen molar-refractivity contribution in [3.05, 3.63) is 64.2 Å². The van der Waals surface area contributed by atoms with Crippen LogP contribution in [0.4, 0.5) is 0 Å². The van der Waals surface area contributed by atoms with Crippen LogP contribution in [0.15, 0.2) is 42.0 Å². The number of likely N-dealkylation sites (tertiary alicyclic amines) is 1. The quantitative estimate of drug-likeness (QED) is 0.270. The molecule has 1 atom stereocenters. The van der Waals surface area contributed by atoms with Gasteiger partial charge in [-0.3, -0.25) is 9.59 Å². The van der Waals surface area contributed by atoms with Gasteiger partial charge in [-0.25, -0.2) is 0 Å². The molecule has 0 bridgehead atoms. The molecule has 7 heteroatoms. The predicted molar refractivity (Wildman–Crippen MR) is 130 cm³/mol. The SMILES string of the molecule is COCCCN1C(=O)C(=O)/C(=C(/O)c2cc(C(C)(C)C)ccc2C)C1c1ccc(OC)c(O)c1. The average Bonchev–Trinajstić information content (AvgIpc) is 3.03. The number of methoxy groups -OCH3 is 2. The number of aryl methyl sites for hydroxylation is 1. The van der Waals surface area contributed by atoms with E-state index in [1.807, 2.05) is 25.1 Å². The Kier molecular flexibility index (Phi) is 7.36. The number of carbonyl (C=O) groups is 2. The molecule has 1 fully saturated rings. The van der Waals surface area contributed by atoms with Crippen molar-refractivity contribution in [2.45, 2.75) is 45.6 Å². The van der Waals surface area contributed by atoms with E-state index in [1.54, 1.807) is 19.2 Å². The summed E-state index contributed by atoms with van der Waals surface area (Å²) in [6.07, 6.45) is 0.515. The highest BCUT2D eigenvalue weighted by molar-refractivity contribution is 6.46. The number of rotatable bonds is 7. The zero-order chi connectivity index (χ0) is 25.2. The number of hydrogen-bond acceptors (Lipinski definition) is 6. The first-order chi connectivity index (χ1) is 16.0. The van der Waals surface area contributed by atoms with Gasteiger partial charge in [0, 0.05) is 25.8 Å². The topological polar surface area (TPSA) is 96.3 Å². The molecule has 2 N–H and O–H groups in total. The molecular formula is C27H33NO6. The van der Waals surface area contributed by atoms with Gasteiger partial charge in [-0.05, 0) is 53.6 Å². The van der Waals surface area contributed by atoms with Gasteiger partial charge in [0.1, 0.15) is 5.76 Å². The second kappa shape index (κ2) is 9.89. The summed E-state index contributed by atoms with van der Waals surface area (Å²) in [4.78, 5) is 27.7. The van der Waals surface area contributed by atoms with Crippen LogP contribution in [0, 0.1) is 6.92 Å². The van der Waals surface area contributed by atoms with E-state index in [1.165, 1.54) is 18.1 Å². The van der Waals surface area contributed by atoms with E-state index >= 15 is 0 Å². The standard InChI is InChI=1S/C27H33NO6/c1-16-8-10-18(27(2,3)4)15-19(16)24(30)22-23(17-9-11-21(34-6)20(29)14-17)28(12-7-13-33-5)26(32)25(22)31/h8-11,14-15,23,29-30H,7,12-13H2,1-6H3/b24-22+. The van der Waals surface area contributed by atoms with Crippen LogP contribution in [-0.4, -0.2) is 54.2 Å². The maximum atomic E-state index is 13.2. The zero-order valence-electron chi connectivity index (χ0n) is 20.6. The molecule has 0 aromatic heterocycles. The third-order valence-corrected chi connectivity index (χ3v) is 6.16. The minimum atomic E-state index is -0.855. The van der Waals surface area contributed by atoms with Crippen molar-refractivity contribution in [1.29, 1.82) is 0 Å². The average molecular weight is 468 g/mol. The molecule has 0 spiro atoms. The fraction of sp³-hybridized carbons (Fsp3) is 0.407. The van der Waals surface area contributed by atoms with Gasteiger partial charge in [0.05, 0.1) is 18.7 Å². The third-order valence-electron chi connectivity index (χ3n) is 6.16. The second-order valence-corrected chi connectivity index (χ2v) is 9.55. The van der Waals surface area contributed by atoms with E-state index in [-0.39, 0.29) is 34.8 Å². The molecule has 1 heterocycles. The lowest BCUT2D eigenvalue weighted by Crippen LogP contribution is -2.31. The molecular weight excluding hydrogens is 434 g/mol. The molecule has 2 aromatic rings. The van der Waals surface area contributed by atoms with Gasteiger partial charge in [0.2, 0.25) is 0 Å². The molecule has 34 heavy (non-hydrogen) atoms. The highest BCUT2D eigenvalue weighted by Gasteiger charge is 2.46. The zero-order valence-corrected chi connectivity index (χ0v) is 20.6. The van der Waals surface area contributed by atoms with Crippen LogP contribution >= 0.6 is 0 Å². The van der Waals surface area contributed by atoms with Crippen LogP contribution in [0.2, 0.25) is 0 Å². The lowest BCUT2D eigenvalue weighted by Gasteiger charge is -2.26. The summed E-state index contributed by atoms with van der Waals surface area (Å²) in [6, 6.07) is 9.63. The Bertz CT molecular complexity index is 1130. The van der Waals surface area contributed by atoms with Gasteiger partial charge in [-0.1, -0.05) is 39.0 Å². The molecule has 7 nitrogen and oxygen atoms in total. The van der Waals surface area contributed by atoms with Crippen molar-refractivity contribution in [2.24, 2.45) is 0 Å². The number of Topliss-reactive ketones (excluding diaryl/α,β-unsaturated/α-hetero) is 1. The van der Waals surface area contributed by atoms with E-state index in [0.717, 1.165) is 11.1 Å². The van der Waals surface area contributed by atoms with Crippen molar-refractivity contribution < 1.29 is 29.3 Å². The molecule has 1 aliphatic heterocycles. The van der Waals surface area contributed by atoms with E-state index in [2.05, 4.69) is 20.8 Å². The summed E-state index contributed by atoms with van der Waals surface area (Å²) in [6.45, 7) is 8.72. The number of ketones is 1. The van der Waals surface area contributed by atoms with Crippen LogP contribution in [0.5, 0.6) is 11.5 Å². The van der Waals surface area contributed by atoms with Crippen LogP contribution in [-0.2, 0) is 19.7 Å². The summed E-state index contributed by atoms with van der Waals surface area (Å²) < 4.78 is 10.3. The second-order valence-electron chi connectivity index (χ2n) is 9.55. The largest absolute Gasteiger partial charge is 0.507 e. The highest BCUT2D eigenvalue weighted by Crippen LogP contribution is 2.42. The molecule has 1 amide bonds. The summed E-state index contributed by atoms with van der Waals surface area (Å²) in [5, 5.41) is 21.8. The number of phenols is 1. The lowest BCUT2D eigenvalue weighted by atomic mass is 9.84. The Morgan fingerprint density at radius 2 is 1.79 bits per heavy atom. The van der Waals surface area contributed by atoms with Gasteiger partial charge in [-0.15, -0.1) is 0 Å². The molecule has 1 unspecified atom stereocenters. The summed E-state index contributed by atoms with van der Waals surface area (Å²) >= 11 is 0. The van der Waals surface area contributed by atoms with Crippen LogP contribution < -0.4 is 4.74 Å². The van der Waals surface area contributed by atoms with Crippen molar-refractivity contribution in [3.8, 4) is 11.5 Å². The molecule has 0 radical (unpaired) electrons. The van der Waals surface area contributed by atoms with Crippen molar-refractivity contribution in [1.82, 2.24) is 4.90 Å². The Morgan fingerprint density at radius 3 is 2.38 bits per heavy atom. The predicted octanol–water partition coefficient (Wildman–Crippen LogP) is 4.46. The lowest BCUT2D eigenvalue weighted by molar-refractivity contribution is -0.140. The number of aliphatic hydroxyl groups excluding tert-OH is 1. The monoisotopic (exact) mass is 467 g/mol. The molecule has 2 aromatic carbocycles. The Labute approximate surface area is 200 Å². The number of phenolic OH excluding ortho intramolecular Hbond substituents is 1. The number of aromatic hydroxyl groups is 1. The van der Waals surface area contributed by atoms with Crippen LogP contribution in [0.3, 0.4) is 0 Å². The van der Waals surface area contributed by atoms with Crippen LogP contribution in [0.1, 0.15) is 55.5 Å². The normalized spacial score (nSPS) is 17.9. The fourth-order valence-electron chi connectivity index (χ4n) is 4.20. The molecule has 1 saturated heterocycles. The molecule has 1 aliphatic rings. The fourth-order valence-corrected chi connectivity index (χ4v) is 4.20. The van der Waals surface area contributed by atoms with E-state index in [0.29, 0.717) is 24.2 Å². The number of ether oxygens (including phenoxy) is 2. The number of amides is 1. The van der Waals surface area contributed by atoms with E-state index < -0.39 is 17.7 Å². The maximum absolute atomic E-state index is 13.2. The third kappa shape index (κ3) is 4.80. The minimum absolute atomic E-state index is 0.00106. The first-order valence-electron chi connectivity index (χ1n) is 11.3. The highest BCUT2D eigenvalue weighted by atomic mass is 16.5. The summed E-state index contributed by atoms with van der Waals surface area (Å²) in [5.74, 6) is -1.52.